The molecule has 1 rings (SSSR count). The Morgan fingerprint density at radius 3 is 2.29 bits per heavy atom. The van der Waals surface area contributed by atoms with Gasteiger partial charge in [-0.3, -0.25) is 0 Å². The maximum Gasteiger partial charge on any atom is 0.0919 e. The molecule has 1 aromatic rings. The van der Waals surface area contributed by atoms with E-state index in [0.29, 0.717) is 0 Å². The van der Waals surface area contributed by atoms with Gasteiger partial charge in [0.2, 0.25) is 0 Å². The summed E-state index contributed by atoms with van der Waals surface area (Å²) in [6.07, 6.45) is 5.08. The molecule has 37 valence electrons. The molecule has 0 aliphatic rings. The van der Waals surface area contributed by atoms with Gasteiger partial charge in [-0.25, -0.2) is 4.98 Å². The fraction of sp³-hybridized carbons (Fsp3) is 0. The molecule has 0 atom stereocenters. The van der Waals surface area contributed by atoms with Gasteiger partial charge in [0.1, 0.15) is 0 Å². The van der Waals surface area contributed by atoms with Gasteiger partial charge in [0.15, 0.2) is 0 Å². The number of H-pyrrole nitrogens is 1. The molecule has 1 N–H and O–H groups in total. The first kappa shape index (κ1) is 10.3. The summed E-state index contributed by atoms with van der Waals surface area (Å²) in [6.45, 7) is 0. The van der Waals surface area contributed by atoms with Crippen LogP contribution in [0, 0.1) is 0 Å². The average Bonchev–Trinajstić information content (AvgIpc) is 1.76. The van der Waals surface area contributed by atoms with Crippen molar-refractivity contribution in [2.45, 2.75) is 0 Å². The summed E-state index contributed by atoms with van der Waals surface area (Å²) < 4.78 is 0. The van der Waals surface area contributed by atoms with Gasteiger partial charge < -0.3 is 4.98 Å². The van der Waals surface area contributed by atoms with Crippen molar-refractivity contribution in [1.82, 2.24) is 9.97 Å². The van der Waals surface area contributed by atoms with Gasteiger partial charge in [-0.2, -0.15) is 0 Å². The Kier molecular flexibility index (Phi) is 9.37. The summed E-state index contributed by atoms with van der Waals surface area (Å²) in [5.74, 6) is 0. The smallest absolute Gasteiger partial charge is 0.0919 e. The fourth-order valence-corrected chi connectivity index (χ4v) is 0.215. The van der Waals surface area contributed by atoms with Crippen LogP contribution in [0.2, 0.25) is 0 Å². The quantitative estimate of drug-likeness (QED) is 0.593. The number of imidazole rings is 1. The number of hydrogen-bond donors (Lipinski definition) is 1. The van der Waals surface area contributed by atoms with Crippen molar-refractivity contribution >= 4 is 0 Å². The number of nitrogens with zero attached hydrogens (tertiary/aromatic N) is 1. The van der Waals surface area contributed by atoms with Gasteiger partial charge in [-0.15, -0.1) is 0 Å². The Morgan fingerprint density at radius 2 is 2.14 bits per heavy atom. The summed E-state index contributed by atoms with van der Waals surface area (Å²) in [5, 5.41) is 0. The summed E-state index contributed by atoms with van der Waals surface area (Å²) in [6, 6.07) is 0. The average molecular weight is 192 g/mol. The second-order valence-electron chi connectivity index (χ2n) is 0.761. The number of aromatic amines is 1. The minimum Gasteiger partial charge on any atom is -0.351 e. The van der Waals surface area contributed by atoms with E-state index >= 15 is 0 Å². The molecule has 0 spiro atoms. The van der Waals surface area contributed by atoms with Crippen LogP contribution in [-0.4, -0.2) is 9.97 Å². The second kappa shape index (κ2) is 6.34. The topological polar surface area (TPSA) is 28.7 Å². The minimum atomic E-state index is 0. The van der Waals surface area contributed by atoms with Gasteiger partial charge in [0, 0.05) is 48.7 Å². The van der Waals surface area contributed by atoms with E-state index in [1.807, 2.05) is 0 Å². The third-order valence-electron chi connectivity index (χ3n) is 0.406. The minimum absolute atomic E-state index is 0. The molecule has 0 bridgehead atoms. The maximum atomic E-state index is 3.67. The largest absolute Gasteiger partial charge is 0.351 e. The maximum absolute atomic E-state index is 3.67. The zero-order valence-electron chi connectivity index (χ0n) is 3.72. The molecule has 0 saturated carbocycles. The van der Waals surface area contributed by atoms with E-state index in [1.54, 1.807) is 18.7 Å². The molecule has 4 heteroatoms. The molecular weight excluding hydrogens is 188 g/mol. The van der Waals surface area contributed by atoms with Gasteiger partial charge in [0.25, 0.3) is 0 Å². The Balaban J connectivity index is 0. The van der Waals surface area contributed by atoms with Crippen LogP contribution in [0.3, 0.4) is 0 Å². The second-order valence-corrected chi connectivity index (χ2v) is 0.761. The zero-order valence-corrected chi connectivity index (χ0v) is 7.73. The fourth-order valence-electron chi connectivity index (χ4n) is 0.215. The van der Waals surface area contributed by atoms with Crippen molar-refractivity contribution in [2.24, 2.45) is 0 Å². The van der Waals surface area contributed by atoms with Crippen LogP contribution in [0.15, 0.2) is 18.7 Å². The molecule has 0 saturated heterocycles. The van der Waals surface area contributed by atoms with Crippen LogP contribution in [0.4, 0.5) is 0 Å². The van der Waals surface area contributed by atoms with Crippen LogP contribution in [0.5, 0.6) is 0 Å². The molecule has 1 aromatic heterocycles. The van der Waals surface area contributed by atoms with Crippen LogP contribution in [0.1, 0.15) is 0 Å². The Labute approximate surface area is 65.1 Å². The first-order valence-corrected chi connectivity index (χ1v) is 1.43. The van der Waals surface area contributed by atoms with Crippen LogP contribution >= 0.6 is 0 Å². The first-order valence-electron chi connectivity index (χ1n) is 1.43. The predicted octanol–water partition coefficient (Wildman–Crippen LogP) is 0.405. The van der Waals surface area contributed by atoms with Crippen molar-refractivity contribution in [1.29, 1.82) is 0 Å². The third-order valence-corrected chi connectivity index (χ3v) is 0.406. The molecule has 1 heterocycles. The van der Waals surface area contributed by atoms with E-state index in [-0.39, 0.29) is 36.3 Å². The van der Waals surface area contributed by atoms with Gasteiger partial charge >= 0.3 is 0 Å². The third kappa shape index (κ3) is 4.19. The molecule has 0 amide bonds. The van der Waals surface area contributed by atoms with Crippen LogP contribution < -0.4 is 0 Å². The van der Waals surface area contributed by atoms with E-state index in [2.05, 4.69) is 9.97 Å². The number of hydrogen-bond acceptors (Lipinski definition) is 1. The molecule has 0 aliphatic carbocycles. The summed E-state index contributed by atoms with van der Waals surface area (Å²) in [5.41, 5.74) is 0. The van der Waals surface area contributed by atoms with Crippen molar-refractivity contribution in [3.8, 4) is 0 Å². The molecule has 0 aromatic carbocycles. The monoisotopic (exact) mass is 191 g/mol. The van der Waals surface area contributed by atoms with Crippen LogP contribution in [0.25, 0.3) is 0 Å². The Morgan fingerprint density at radius 1 is 1.43 bits per heavy atom. The predicted molar refractivity (Wildman–Crippen MR) is 18.6 cm³/mol. The van der Waals surface area contributed by atoms with Crippen molar-refractivity contribution in [3.63, 3.8) is 0 Å². The van der Waals surface area contributed by atoms with Crippen molar-refractivity contribution in [2.75, 3.05) is 0 Å². The molecule has 7 heavy (non-hydrogen) atoms. The van der Waals surface area contributed by atoms with E-state index in [4.69, 9.17) is 0 Å². The van der Waals surface area contributed by atoms with E-state index in [9.17, 15) is 0 Å². The SMILES string of the molecule is [Co].[Zn].c1c[nH]cn1. The number of rotatable bonds is 0. The van der Waals surface area contributed by atoms with Crippen LogP contribution in [-0.2, 0) is 36.3 Å². The van der Waals surface area contributed by atoms with Gasteiger partial charge in [-0.05, 0) is 0 Å². The van der Waals surface area contributed by atoms with E-state index < -0.39 is 0 Å². The molecule has 1 radical (unpaired) electrons. The molecular formula is C3H4CoN2Zn. The Bertz CT molecular complexity index is 69.4. The van der Waals surface area contributed by atoms with Crippen molar-refractivity contribution < 1.29 is 36.3 Å². The van der Waals surface area contributed by atoms with Gasteiger partial charge in [-0.1, -0.05) is 0 Å². The number of aromatic nitrogens is 2. The van der Waals surface area contributed by atoms with E-state index in [0.717, 1.165) is 0 Å². The Hall–Kier alpha value is 0.340. The standard InChI is InChI=1S/C3H4N2.Co.Zn/c1-2-5-3-4-1;;/h1-3H,(H,4,5);;. The summed E-state index contributed by atoms with van der Waals surface area (Å²) in [7, 11) is 0. The molecule has 0 fully saturated rings. The normalized spacial score (nSPS) is 5.71. The molecule has 0 aliphatic heterocycles. The summed E-state index contributed by atoms with van der Waals surface area (Å²) >= 11 is 0. The first-order chi connectivity index (χ1) is 2.50. The summed E-state index contributed by atoms with van der Waals surface area (Å²) in [4.78, 5) is 6.42. The van der Waals surface area contributed by atoms with Crippen molar-refractivity contribution in [3.05, 3.63) is 18.7 Å². The number of nitrogens with one attached hydrogen (secondary N) is 1. The van der Waals surface area contributed by atoms with E-state index in [1.165, 1.54) is 0 Å². The molecule has 0 unspecified atom stereocenters. The zero-order chi connectivity index (χ0) is 3.54. The molecule has 2 nitrogen and oxygen atoms in total. The van der Waals surface area contributed by atoms with Gasteiger partial charge in [0.05, 0.1) is 6.33 Å².